The molecule has 0 fully saturated rings. The van der Waals surface area contributed by atoms with E-state index in [0.29, 0.717) is 0 Å². The minimum atomic E-state index is 0.750. The standard InChI is InChI=1S/C14H14P/c1-11-8-12(2)10-14(9-11)15-13-6-4-3-5-7-13/h4-10,15H,1-2H3. The first kappa shape index (κ1) is 10.4. The van der Waals surface area contributed by atoms with Crippen LogP contribution < -0.4 is 10.6 Å². The van der Waals surface area contributed by atoms with Gasteiger partial charge in [0.2, 0.25) is 0 Å². The molecule has 0 N–H and O–H groups in total. The molecule has 0 heterocycles. The smallest absolute Gasteiger partial charge is 0.0184 e. The van der Waals surface area contributed by atoms with E-state index in [1.807, 2.05) is 12.1 Å². The lowest BCUT2D eigenvalue weighted by Crippen LogP contribution is -2.03. The third kappa shape index (κ3) is 2.91. The molecule has 2 rings (SSSR count). The fraction of sp³-hybridized carbons (Fsp3) is 0.143. The minimum absolute atomic E-state index is 0.750. The molecule has 0 bridgehead atoms. The Kier molecular flexibility index (Phi) is 3.18. The molecule has 15 heavy (non-hydrogen) atoms. The van der Waals surface area contributed by atoms with Crippen LogP contribution in [0.5, 0.6) is 0 Å². The van der Waals surface area contributed by atoms with E-state index in [9.17, 15) is 0 Å². The normalized spacial score (nSPS) is 11.1. The molecule has 2 aromatic rings. The third-order valence-electron chi connectivity index (χ3n) is 2.23. The largest absolute Gasteiger partial charge is 0.0591 e. The highest BCUT2D eigenvalue weighted by molar-refractivity contribution is 7.55. The highest BCUT2D eigenvalue weighted by Crippen LogP contribution is 2.12. The predicted molar refractivity (Wildman–Crippen MR) is 68.8 cm³/mol. The van der Waals surface area contributed by atoms with Crippen LogP contribution in [0.15, 0.2) is 42.5 Å². The molecule has 0 saturated heterocycles. The van der Waals surface area contributed by atoms with Crippen molar-refractivity contribution >= 4 is 19.2 Å². The maximum absolute atomic E-state index is 3.05. The van der Waals surface area contributed by atoms with Crippen molar-refractivity contribution in [1.29, 1.82) is 0 Å². The van der Waals surface area contributed by atoms with E-state index in [-0.39, 0.29) is 0 Å². The van der Waals surface area contributed by atoms with Gasteiger partial charge in [-0.2, -0.15) is 0 Å². The summed E-state index contributed by atoms with van der Waals surface area (Å²) in [5.74, 6) is 0. The molecule has 0 aromatic heterocycles. The van der Waals surface area contributed by atoms with Crippen molar-refractivity contribution in [3.63, 3.8) is 0 Å². The van der Waals surface area contributed by atoms with Crippen molar-refractivity contribution in [2.75, 3.05) is 0 Å². The Bertz CT molecular complexity index is 426. The second-order valence-electron chi connectivity index (χ2n) is 3.79. The van der Waals surface area contributed by atoms with Gasteiger partial charge in [-0.3, -0.25) is 0 Å². The summed E-state index contributed by atoms with van der Waals surface area (Å²) >= 11 is 0. The molecular weight excluding hydrogens is 199 g/mol. The molecular formula is C14H14P. The van der Waals surface area contributed by atoms with Crippen molar-refractivity contribution in [3.05, 3.63) is 59.7 Å². The van der Waals surface area contributed by atoms with Gasteiger partial charge in [-0.05, 0) is 30.5 Å². The fourth-order valence-corrected chi connectivity index (χ4v) is 2.95. The van der Waals surface area contributed by atoms with E-state index in [2.05, 4.69) is 50.2 Å². The lowest BCUT2D eigenvalue weighted by atomic mass is 10.2. The molecule has 1 atom stereocenters. The summed E-state index contributed by atoms with van der Waals surface area (Å²) < 4.78 is 0. The molecule has 75 valence electrons. The summed E-state index contributed by atoms with van der Waals surface area (Å²) in [6.45, 7) is 4.31. The fourth-order valence-electron chi connectivity index (χ4n) is 1.68. The Hall–Kier alpha value is -1.13. The maximum Gasteiger partial charge on any atom is -0.0184 e. The molecule has 0 amide bonds. The first-order valence-corrected chi connectivity index (χ1v) is 6.05. The molecule has 0 aliphatic rings. The number of rotatable bonds is 2. The van der Waals surface area contributed by atoms with Gasteiger partial charge in [-0.1, -0.05) is 62.2 Å². The van der Waals surface area contributed by atoms with Crippen molar-refractivity contribution in [3.8, 4) is 0 Å². The van der Waals surface area contributed by atoms with E-state index in [4.69, 9.17) is 0 Å². The molecule has 0 aliphatic carbocycles. The van der Waals surface area contributed by atoms with Crippen LogP contribution in [0.25, 0.3) is 0 Å². The van der Waals surface area contributed by atoms with Gasteiger partial charge in [0.05, 0.1) is 0 Å². The Morgan fingerprint density at radius 2 is 1.47 bits per heavy atom. The quantitative estimate of drug-likeness (QED) is 0.673. The molecule has 0 aliphatic heterocycles. The zero-order valence-electron chi connectivity index (χ0n) is 9.04. The van der Waals surface area contributed by atoms with Gasteiger partial charge in [0, 0.05) is 0 Å². The third-order valence-corrected chi connectivity index (χ3v) is 3.43. The van der Waals surface area contributed by atoms with Crippen LogP contribution in [0.2, 0.25) is 0 Å². The summed E-state index contributed by atoms with van der Waals surface area (Å²) in [5, 5.41) is 2.79. The SMILES string of the molecule is Cc1cc(C)cc(Pc2cc[c]cc2)c1. The van der Waals surface area contributed by atoms with Crippen molar-refractivity contribution in [2.45, 2.75) is 13.8 Å². The molecule has 1 unspecified atom stereocenters. The Morgan fingerprint density at radius 1 is 0.867 bits per heavy atom. The highest BCUT2D eigenvalue weighted by atomic mass is 31.1. The van der Waals surface area contributed by atoms with E-state index in [1.54, 1.807) is 0 Å². The van der Waals surface area contributed by atoms with Crippen molar-refractivity contribution in [2.24, 2.45) is 0 Å². The van der Waals surface area contributed by atoms with Gasteiger partial charge in [0.15, 0.2) is 0 Å². The maximum atomic E-state index is 3.05. The Morgan fingerprint density at radius 3 is 2.07 bits per heavy atom. The first-order valence-electron chi connectivity index (χ1n) is 5.05. The van der Waals surface area contributed by atoms with Gasteiger partial charge in [-0.25, -0.2) is 0 Å². The number of benzene rings is 2. The van der Waals surface area contributed by atoms with E-state index in [1.165, 1.54) is 21.7 Å². The monoisotopic (exact) mass is 213 g/mol. The molecule has 1 heteroatoms. The van der Waals surface area contributed by atoms with Crippen LogP contribution in [-0.4, -0.2) is 0 Å². The average Bonchev–Trinajstić information content (AvgIpc) is 2.17. The van der Waals surface area contributed by atoms with E-state index >= 15 is 0 Å². The number of hydrogen-bond acceptors (Lipinski definition) is 0. The molecule has 2 aromatic carbocycles. The topological polar surface area (TPSA) is 0 Å². The van der Waals surface area contributed by atoms with Crippen LogP contribution in [0, 0.1) is 19.9 Å². The van der Waals surface area contributed by atoms with Crippen LogP contribution >= 0.6 is 8.58 Å². The van der Waals surface area contributed by atoms with Gasteiger partial charge in [0.25, 0.3) is 0 Å². The van der Waals surface area contributed by atoms with Gasteiger partial charge in [-0.15, -0.1) is 0 Å². The van der Waals surface area contributed by atoms with Crippen LogP contribution in [-0.2, 0) is 0 Å². The summed E-state index contributed by atoms with van der Waals surface area (Å²) in [6, 6.07) is 18.0. The van der Waals surface area contributed by atoms with Crippen LogP contribution in [0.3, 0.4) is 0 Å². The summed E-state index contributed by atoms with van der Waals surface area (Å²) in [4.78, 5) is 0. The van der Waals surface area contributed by atoms with E-state index < -0.39 is 0 Å². The van der Waals surface area contributed by atoms with Gasteiger partial charge < -0.3 is 0 Å². The lowest BCUT2D eigenvalue weighted by molar-refractivity contribution is 1.41. The lowest BCUT2D eigenvalue weighted by Gasteiger charge is -2.05. The van der Waals surface area contributed by atoms with Crippen molar-refractivity contribution < 1.29 is 0 Å². The van der Waals surface area contributed by atoms with Gasteiger partial charge in [0.1, 0.15) is 0 Å². The second-order valence-corrected chi connectivity index (χ2v) is 5.19. The second kappa shape index (κ2) is 4.59. The molecule has 0 nitrogen and oxygen atoms in total. The highest BCUT2D eigenvalue weighted by Gasteiger charge is 1.97. The van der Waals surface area contributed by atoms with E-state index in [0.717, 1.165) is 8.58 Å². The summed E-state index contributed by atoms with van der Waals surface area (Å²) in [7, 11) is 0.750. The van der Waals surface area contributed by atoms with Gasteiger partial charge >= 0.3 is 0 Å². The molecule has 0 saturated carbocycles. The zero-order chi connectivity index (χ0) is 10.7. The van der Waals surface area contributed by atoms with Crippen LogP contribution in [0.4, 0.5) is 0 Å². The first-order chi connectivity index (χ1) is 7.24. The summed E-state index contributed by atoms with van der Waals surface area (Å²) in [6.07, 6.45) is 0. The average molecular weight is 213 g/mol. The molecule has 0 spiro atoms. The Labute approximate surface area is 93.1 Å². The molecule has 1 radical (unpaired) electrons. The summed E-state index contributed by atoms with van der Waals surface area (Å²) in [5.41, 5.74) is 2.69. The number of hydrogen-bond donors (Lipinski definition) is 0. The number of aryl methyl sites for hydroxylation is 2. The Balaban J connectivity index is 2.25. The van der Waals surface area contributed by atoms with Crippen LogP contribution in [0.1, 0.15) is 11.1 Å². The van der Waals surface area contributed by atoms with Crippen molar-refractivity contribution in [1.82, 2.24) is 0 Å². The minimum Gasteiger partial charge on any atom is -0.0591 e. The zero-order valence-corrected chi connectivity index (χ0v) is 10.0. The predicted octanol–water partition coefficient (Wildman–Crippen LogP) is 2.73.